The molecule has 3 fully saturated rings. The number of urea groups is 1. The highest BCUT2D eigenvalue weighted by molar-refractivity contribution is 7.99. The Morgan fingerprint density at radius 3 is 2.60 bits per heavy atom. The summed E-state index contributed by atoms with van der Waals surface area (Å²) in [7, 11) is 1.42. The van der Waals surface area contributed by atoms with Crippen molar-refractivity contribution in [1.29, 1.82) is 0 Å². The molecule has 1 heterocycles. The van der Waals surface area contributed by atoms with Crippen LogP contribution < -0.4 is 5.43 Å². The zero-order chi connectivity index (χ0) is 21.5. The van der Waals surface area contributed by atoms with Crippen LogP contribution in [0.5, 0.6) is 0 Å². The molecule has 3 rings (SSSR count). The molecule has 3 aliphatic rings. The van der Waals surface area contributed by atoms with Crippen LogP contribution in [0, 0.1) is 5.92 Å². The van der Waals surface area contributed by atoms with Gasteiger partial charge in [-0.05, 0) is 44.3 Å². The highest BCUT2D eigenvalue weighted by Gasteiger charge is 2.51. The predicted molar refractivity (Wildman–Crippen MR) is 118 cm³/mol. The summed E-state index contributed by atoms with van der Waals surface area (Å²) in [4.78, 5) is 38.9. The Morgan fingerprint density at radius 2 is 1.90 bits per heavy atom. The third-order valence-corrected chi connectivity index (χ3v) is 8.07. The molecule has 30 heavy (non-hydrogen) atoms. The molecule has 1 saturated heterocycles. The summed E-state index contributed by atoms with van der Waals surface area (Å²) in [5.74, 6) is 1.18. The van der Waals surface area contributed by atoms with Crippen LogP contribution in [0.15, 0.2) is 0 Å². The van der Waals surface area contributed by atoms with Crippen LogP contribution in [0.1, 0.15) is 71.1 Å². The van der Waals surface area contributed by atoms with Gasteiger partial charge in [0.1, 0.15) is 0 Å². The number of hydrazine groups is 1. The summed E-state index contributed by atoms with van der Waals surface area (Å²) < 4.78 is 4.70. The molecule has 0 bridgehead atoms. The summed E-state index contributed by atoms with van der Waals surface area (Å²) in [6, 6.07) is 0.367. The molecule has 1 aliphatic heterocycles. The van der Waals surface area contributed by atoms with E-state index in [0.29, 0.717) is 11.7 Å². The standard InChI is InChI=1S/C22H37N3O4S/c1-3-11-24-18-13-17(30-12-7-10-21(27)29-2)14-19(18)25(22(24)28)23-15-20(26)16-8-5-4-6-9-16/h16-19,23H,3-15H2,1-2H3. The van der Waals surface area contributed by atoms with Crippen LogP contribution in [0.3, 0.4) is 0 Å². The van der Waals surface area contributed by atoms with Crippen molar-refractivity contribution in [3.8, 4) is 0 Å². The van der Waals surface area contributed by atoms with Crippen molar-refractivity contribution >= 4 is 29.5 Å². The molecule has 0 spiro atoms. The Balaban J connectivity index is 1.52. The van der Waals surface area contributed by atoms with Crippen molar-refractivity contribution in [1.82, 2.24) is 15.3 Å². The van der Waals surface area contributed by atoms with E-state index >= 15 is 0 Å². The van der Waals surface area contributed by atoms with E-state index in [1.165, 1.54) is 13.5 Å². The quantitative estimate of drug-likeness (QED) is 0.393. The zero-order valence-corrected chi connectivity index (χ0v) is 19.3. The Labute approximate surface area is 184 Å². The fourth-order valence-corrected chi connectivity index (χ4v) is 6.42. The second-order valence-electron chi connectivity index (χ2n) is 8.76. The SMILES string of the molecule is CCCN1C(=O)N(NCC(=O)C2CCCCC2)C2CC(SCCCC(=O)OC)CC21. The van der Waals surface area contributed by atoms with Crippen molar-refractivity contribution in [3.63, 3.8) is 0 Å². The molecule has 2 saturated carbocycles. The smallest absolute Gasteiger partial charge is 0.335 e. The molecular formula is C22H37N3O4S. The number of esters is 1. The van der Waals surface area contributed by atoms with Crippen molar-refractivity contribution in [2.45, 2.75) is 88.5 Å². The van der Waals surface area contributed by atoms with Gasteiger partial charge in [0.05, 0.1) is 25.7 Å². The van der Waals surface area contributed by atoms with Gasteiger partial charge in [0.2, 0.25) is 0 Å². The van der Waals surface area contributed by atoms with E-state index in [2.05, 4.69) is 12.3 Å². The minimum absolute atomic E-state index is 0.0254. The molecule has 2 amide bonds. The number of carbonyl (C=O) groups excluding carboxylic acids is 3. The number of ketones is 1. The number of hydrogen-bond donors (Lipinski definition) is 1. The first-order valence-corrected chi connectivity index (χ1v) is 12.6. The average Bonchev–Trinajstić information content (AvgIpc) is 3.27. The van der Waals surface area contributed by atoms with Gasteiger partial charge in [0, 0.05) is 24.1 Å². The monoisotopic (exact) mass is 439 g/mol. The number of fused-ring (bicyclic) bond motifs is 1. The third kappa shape index (κ3) is 5.69. The summed E-state index contributed by atoms with van der Waals surface area (Å²) >= 11 is 1.90. The van der Waals surface area contributed by atoms with Gasteiger partial charge in [-0.2, -0.15) is 11.8 Å². The molecule has 2 aliphatic carbocycles. The van der Waals surface area contributed by atoms with Crippen molar-refractivity contribution < 1.29 is 19.1 Å². The number of Topliss-reactive ketones (excluding diaryl/α,β-unsaturated/α-hetero) is 1. The minimum atomic E-state index is -0.156. The number of methoxy groups -OCH3 is 1. The van der Waals surface area contributed by atoms with Crippen LogP contribution in [0.4, 0.5) is 4.79 Å². The Hall–Kier alpha value is -1.28. The molecule has 170 valence electrons. The van der Waals surface area contributed by atoms with Gasteiger partial charge in [-0.1, -0.05) is 26.2 Å². The highest BCUT2D eigenvalue weighted by Crippen LogP contribution is 2.40. The minimum Gasteiger partial charge on any atom is -0.469 e. The Bertz CT molecular complexity index is 611. The van der Waals surface area contributed by atoms with E-state index in [0.717, 1.165) is 63.7 Å². The largest absolute Gasteiger partial charge is 0.469 e. The maximum atomic E-state index is 13.0. The predicted octanol–water partition coefficient (Wildman–Crippen LogP) is 3.37. The van der Waals surface area contributed by atoms with E-state index in [4.69, 9.17) is 4.74 Å². The third-order valence-electron chi connectivity index (χ3n) is 6.69. The first-order chi connectivity index (χ1) is 14.5. The van der Waals surface area contributed by atoms with Gasteiger partial charge in [-0.15, -0.1) is 0 Å². The fourth-order valence-electron chi connectivity index (χ4n) is 5.11. The number of nitrogens with one attached hydrogen (secondary N) is 1. The second-order valence-corrected chi connectivity index (χ2v) is 10.2. The van der Waals surface area contributed by atoms with E-state index in [9.17, 15) is 14.4 Å². The molecule has 0 aromatic rings. The number of carbonyl (C=O) groups is 3. The zero-order valence-electron chi connectivity index (χ0n) is 18.4. The number of nitrogens with zero attached hydrogens (tertiary/aromatic N) is 2. The van der Waals surface area contributed by atoms with Crippen LogP contribution >= 0.6 is 11.8 Å². The molecule has 7 nitrogen and oxygen atoms in total. The van der Waals surface area contributed by atoms with Crippen LogP contribution in [-0.2, 0) is 14.3 Å². The molecule has 8 heteroatoms. The molecule has 3 unspecified atom stereocenters. The number of amides is 2. The van der Waals surface area contributed by atoms with Gasteiger partial charge in [0.15, 0.2) is 5.78 Å². The summed E-state index contributed by atoms with van der Waals surface area (Å²) in [5, 5.41) is 2.24. The van der Waals surface area contributed by atoms with Gasteiger partial charge in [-0.25, -0.2) is 10.2 Å². The molecule has 0 radical (unpaired) electrons. The van der Waals surface area contributed by atoms with E-state index in [1.807, 2.05) is 16.7 Å². The number of thioether (sulfide) groups is 1. The Morgan fingerprint density at radius 1 is 1.17 bits per heavy atom. The summed E-state index contributed by atoms with van der Waals surface area (Å²) in [6.45, 7) is 3.12. The average molecular weight is 440 g/mol. The lowest BCUT2D eigenvalue weighted by Gasteiger charge is -2.26. The van der Waals surface area contributed by atoms with Gasteiger partial charge < -0.3 is 9.64 Å². The maximum absolute atomic E-state index is 13.0. The lowest BCUT2D eigenvalue weighted by atomic mass is 9.86. The molecular weight excluding hydrogens is 402 g/mol. The number of hydrogen-bond acceptors (Lipinski definition) is 6. The van der Waals surface area contributed by atoms with E-state index in [-0.39, 0.29) is 42.3 Å². The van der Waals surface area contributed by atoms with Gasteiger partial charge in [0.25, 0.3) is 0 Å². The summed E-state index contributed by atoms with van der Waals surface area (Å²) in [5.41, 5.74) is 3.22. The molecule has 3 atom stereocenters. The van der Waals surface area contributed by atoms with E-state index in [1.54, 1.807) is 5.01 Å². The van der Waals surface area contributed by atoms with Crippen LogP contribution in [0.25, 0.3) is 0 Å². The molecule has 0 aromatic heterocycles. The Kier molecular flexibility index (Phi) is 8.86. The normalized spacial score (nSPS) is 26.9. The first-order valence-electron chi connectivity index (χ1n) is 11.6. The fraction of sp³-hybridized carbons (Fsp3) is 0.864. The molecule has 1 N–H and O–H groups in total. The van der Waals surface area contributed by atoms with E-state index < -0.39 is 0 Å². The van der Waals surface area contributed by atoms with Crippen molar-refractivity contribution in [2.24, 2.45) is 5.92 Å². The van der Waals surface area contributed by atoms with Crippen LogP contribution in [-0.4, -0.2) is 71.0 Å². The lowest BCUT2D eigenvalue weighted by molar-refractivity contribution is -0.140. The number of ether oxygens (including phenoxy) is 1. The van der Waals surface area contributed by atoms with Crippen molar-refractivity contribution in [2.75, 3.05) is 26.0 Å². The van der Waals surface area contributed by atoms with Crippen molar-refractivity contribution in [3.05, 3.63) is 0 Å². The second kappa shape index (κ2) is 11.4. The van der Waals surface area contributed by atoms with Gasteiger partial charge in [-0.3, -0.25) is 14.6 Å². The lowest BCUT2D eigenvalue weighted by Crippen LogP contribution is -2.48. The van der Waals surface area contributed by atoms with Crippen LogP contribution in [0.2, 0.25) is 0 Å². The molecule has 0 aromatic carbocycles. The topological polar surface area (TPSA) is 79.0 Å². The summed E-state index contributed by atoms with van der Waals surface area (Å²) in [6.07, 6.45) is 9.62. The number of rotatable bonds is 11. The van der Waals surface area contributed by atoms with Gasteiger partial charge >= 0.3 is 12.0 Å². The maximum Gasteiger partial charge on any atom is 0.335 e. The first kappa shape index (κ1) is 23.4. The highest BCUT2D eigenvalue weighted by atomic mass is 32.2.